The zero-order valence-corrected chi connectivity index (χ0v) is 18.8. The average Bonchev–Trinajstić information content (AvgIpc) is 3.22. The largest absolute Gasteiger partial charge is 0.497 e. The molecule has 0 aliphatic rings. The fourth-order valence-electron chi connectivity index (χ4n) is 2.92. The molecular weight excluding hydrogens is 416 g/mol. The molecule has 1 heterocycles. The Kier molecular flexibility index (Phi) is 7.77. The summed E-state index contributed by atoms with van der Waals surface area (Å²) in [5.41, 5.74) is 0.713. The zero-order valence-electron chi connectivity index (χ0n) is 18.0. The van der Waals surface area contributed by atoms with Crippen LogP contribution in [0.2, 0.25) is 0 Å². The van der Waals surface area contributed by atoms with Gasteiger partial charge in [0.05, 0.1) is 20.0 Å². The number of carbonyl (C=O) groups excluding carboxylic acids is 1. The SMILES string of the molecule is CCn1c(SCC(=O)Nc2ccc(OC)cc2)nnc1C(C)Oc1ccc(OC)cc1. The molecule has 0 aliphatic heterocycles. The minimum Gasteiger partial charge on any atom is -0.497 e. The van der Waals surface area contributed by atoms with Crippen LogP contribution in [0.5, 0.6) is 17.2 Å². The molecule has 1 amide bonds. The van der Waals surface area contributed by atoms with Gasteiger partial charge in [0.15, 0.2) is 17.1 Å². The number of ether oxygens (including phenoxy) is 3. The van der Waals surface area contributed by atoms with Crippen molar-refractivity contribution in [1.82, 2.24) is 14.8 Å². The summed E-state index contributed by atoms with van der Waals surface area (Å²) in [6.07, 6.45) is -0.302. The molecule has 3 rings (SSSR count). The number of rotatable bonds is 10. The standard InChI is InChI=1S/C22H26N4O4S/c1-5-26-21(15(2)30-19-12-10-18(29-4)11-13-19)24-25-22(26)31-14-20(27)23-16-6-8-17(28-3)9-7-16/h6-13,15H,5,14H2,1-4H3,(H,23,27). The molecule has 2 aromatic carbocycles. The monoisotopic (exact) mass is 442 g/mol. The molecule has 1 atom stereocenters. The van der Waals surface area contributed by atoms with Crippen molar-refractivity contribution in [1.29, 1.82) is 0 Å². The number of thioether (sulfide) groups is 1. The first kappa shape index (κ1) is 22.5. The van der Waals surface area contributed by atoms with Gasteiger partial charge in [-0.2, -0.15) is 0 Å². The van der Waals surface area contributed by atoms with E-state index in [1.165, 1.54) is 11.8 Å². The zero-order chi connectivity index (χ0) is 22.2. The molecule has 0 radical (unpaired) electrons. The van der Waals surface area contributed by atoms with Crippen LogP contribution < -0.4 is 19.5 Å². The number of hydrogen-bond donors (Lipinski definition) is 1. The molecule has 0 fully saturated rings. The molecule has 0 saturated carbocycles. The molecule has 1 N–H and O–H groups in total. The lowest BCUT2D eigenvalue weighted by atomic mass is 10.3. The van der Waals surface area contributed by atoms with Crippen LogP contribution in [-0.2, 0) is 11.3 Å². The second-order valence-electron chi connectivity index (χ2n) is 6.59. The van der Waals surface area contributed by atoms with Crippen molar-refractivity contribution >= 4 is 23.4 Å². The highest BCUT2D eigenvalue weighted by Gasteiger charge is 2.19. The van der Waals surface area contributed by atoms with Gasteiger partial charge in [-0.3, -0.25) is 4.79 Å². The number of nitrogens with zero attached hydrogens (tertiary/aromatic N) is 3. The average molecular weight is 443 g/mol. The number of nitrogens with one attached hydrogen (secondary N) is 1. The lowest BCUT2D eigenvalue weighted by Crippen LogP contribution is -2.15. The predicted molar refractivity (Wildman–Crippen MR) is 120 cm³/mol. The summed E-state index contributed by atoms with van der Waals surface area (Å²) in [6.45, 7) is 4.60. The van der Waals surface area contributed by atoms with E-state index in [1.54, 1.807) is 38.5 Å². The number of amides is 1. The molecule has 1 aromatic heterocycles. The van der Waals surface area contributed by atoms with Crippen LogP contribution in [0.4, 0.5) is 5.69 Å². The summed E-state index contributed by atoms with van der Waals surface area (Å²) in [6, 6.07) is 14.6. The number of carbonyl (C=O) groups is 1. The molecular formula is C22H26N4O4S. The van der Waals surface area contributed by atoms with Gasteiger partial charge in [-0.15, -0.1) is 10.2 Å². The smallest absolute Gasteiger partial charge is 0.234 e. The molecule has 31 heavy (non-hydrogen) atoms. The maximum absolute atomic E-state index is 12.3. The van der Waals surface area contributed by atoms with Gasteiger partial charge in [0.2, 0.25) is 5.91 Å². The number of hydrogen-bond acceptors (Lipinski definition) is 7. The summed E-state index contributed by atoms with van der Waals surface area (Å²) >= 11 is 1.34. The highest BCUT2D eigenvalue weighted by atomic mass is 32.2. The quantitative estimate of drug-likeness (QED) is 0.471. The Bertz CT molecular complexity index is 990. The summed E-state index contributed by atoms with van der Waals surface area (Å²) in [4.78, 5) is 12.3. The molecule has 164 valence electrons. The molecule has 3 aromatic rings. The van der Waals surface area contributed by atoms with Gasteiger partial charge in [0.1, 0.15) is 17.2 Å². The molecule has 9 heteroatoms. The van der Waals surface area contributed by atoms with E-state index in [9.17, 15) is 4.79 Å². The predicted octanol–water partition coefficient (Wildman–Crippen LogP) is 4.19. The summed E-state index contributed by atoms with van der Waals surface area (Å²) in [5.74, 6) is 3.02. The van der Waals surface area contributed by atoms with Crippen LogP contribution in [-0.4, -0.2) is 40.6 Å². The minimum absolute atomic E-state index is 0.120. The summed E-state index contributed by atoms with van der Waals surface area (Å²) < 4.78 is 18.3. The Morgan fingerprint density at radius 1 is 1.00 bits per heavy atom. The van der Waals surface area contributed by atoms with Gasteiger partial charge >= 0.3 is 0 Å². The van der Waals surface area contributed by atoms with Crippen molar-refractivity contribution in [3.63, 3.8) is 0 Å². The van der Waals surface area contributed by atoms with Gasteiger partial charge in [-0.25, -0.2) is 0 Å². The molecule has 0 aliphatic carbocycles. The third-order valence-electron chi connectivity index (χ3n) is 4.50. The number of benzene rings is 2. The Morgan fingerprint density at radius 2 is 1.58 bits per heavy atom. The molecule has 0 spiro atoms. The fraction of sp³-hybridized carbons (Fsp3) is 0.318. The lowest BCUT2D eigenvalue weighted by Gasteiger charge is -2.15. The Hall–Kier alpha value is -3.20. The second-order valence-corrected chi connectivity index (χ2v) is 7.53. The van der Waals surface area contributed by atoms with E-state index in [4.69, 9.17) is 14.2 Å². The third kappa shape index (κ3) is 5.91. The van der Waals surface area contributed by atoms with Gasteiger partial charge in [0.25, 0.3) is 0 Å². The van der Waals surface area contributed by atoms with E-state index in [0.29, 0.717) is 29.0 Å². The first-order valence-electron chi connectivity index (χ1n) is 9.84. The normalized spacial score (nSPS) is 11.6. The van der Waals surface area contributed by atoms with E-state index >= 15 is 0 Å². The van der Waals surface area contributed by atoms with Crippen LogP contribution in [0.15, 0.2) is 53.7 Å². The Morgan fingerprint density at radius 3 is 2.16 bits per heavy atom. The van der Waals surface area contributed by atoms with Gasteiger partial charge in [0, 0.05) is 12.2 Å². The number of aromatic nitrogens is 3. The first-order chi connectivity index (χ1) is 15.0. The summed E-state index contributed by atoms with van der Waals surface area (Å²) in [7, 11) is 3.23. The van der Waals surface area contributed by atoms with Gasteiger partial charge < -0.3 is 24.1 Å². The van der Waals surface area contributed by atoms with Crippen LogP contribution in [0, 0.1) is 0 Å². The van der Waals surface area contributed by atoms with Crippen LogP contribution >= 0.6 is 11.8 Å². The molecule has 1 unspecified atom stereocenters. The van der Waals surface area contributed by atoms with Crippen molar-refractivity contribution in [2.24, 2.45) is 0 Å². The van der Waals surface area contributed by atoms with Gasteiger partial charge in [-0.05, 0) is 62.4 Å². The highest BCUT2D eigenvalue weighted by Crippen LogP contribution is 2.26. The van der Waals surface area contributed by atoms with E-state index in [2.05, 4.69) is 15.5 Å². The van der Waals surface area contributed by atoms with E-state index in [0.717, 1.165) is 11.5 Å². The summed E-state index contributed by atoms with van der Waals surface area (Å²) in [5, 5.41) is 12.1. The van der Waals surface area contributed by atoms with E-state index in [1.807, 2.05) is 42.7 Å². The van der Waals surface area contributed by atoms with Crippen LogP contribution in [0.1, 0.15) is 25.8 Å². The van der Waals surface area contributed by atoms with Crippen molar-refractivity contribution < 1.29 is 19.0 Å². The molecule has 0 saturated heterocycles. The fourth-order valence-corrected chi connectivity index (χ4v) is 3.73. The Labute approximate surface area is 185 Å². The van der Waals surface area contributed by atoms with Gasteiger partial charge in [-0.1, -0.05) is 11.8 Å². The number of anilines is 1. The maximum atomic E-state index is 12.3. The topological polar surface area (TPSA) is 87.5 Å². The lowest BCUT2D eigenvalue weighted by molar-refractivity contribution is -0.113. The van der Waals surface area contributed by atoms with Crippen molar-refractivity contribution in [2.45, 2.75) is 31.7 Å². The van der Waals surface area contributed by atoms with Crippen LogP contribution in [0.25, 0.3) is 0 Å². The first-order valence-corrected chi connectivity index (χ1v) is 10.8. The minimum atomic E-state index is -0.302. The van der Waals surface area contributed by atoms with Crippen LogP contribution in [0.3, 0.4) is 0 Å². The van der Waals surface area contributed by atoms with E-state index in [-0.39, 0.29) is 17.8 Å². The van der Waals surface area contributed by atoms with Crippen molar-refractivity contribution in [2.75, 3.05) is 25.3 Å². The highest BCUT2D eigenvalue weighted by molar-refractivity contribution is 7.99. The number of methoxy groups -OCH3 is 2. The second kappa shape index (κ2) is 10.7. The maximum Gasteiger partial charge on any atom is 0.234 e. The van der Waals surface area contributed by atoms with Crippen molar-refractivity contribution in [3.8, 4) is 17.2 Å². The Balaban J connectivity index is 1.59. The third-order valence-corrected chi connectivity index (χ3v) is 5.47. The van der Waals surface area contributed by atoms with Crippen molar-refractivity contribution in [3.05, 3.63) is 54.4 Å². The van der Waals surface area contributed by atoms with E-state index < -0.39 is 0 Å². The molecule has 8 nitrogen and oxygen atoms in total. The molecule has 0 bridgehead atoms.